The van der Waals surface area contributed by atoms with Crippen LogP contribution in [-0.2, 0) is 6.54 Å². The molecule has 2 rings (SSSR count). The molecule has 0 aliphatic carbocycles. The first-order chi connectivity index (χ1) is 10.1. The van der Waals surface area contributed by atoms with Gasteiger partial charge in [0.2, 0.25) is 0 Å². The second-order valence-electron chi connectivity index (χ2n) is 6.41. The molecule has 0 amide bonds. The molecule has 1 aliphatic rings. The minimum Gasteiger partial charge on any atom is -0.396 e. The van der Waals surface area contributed by atoms with Crippen LogP contribution in [0.2, 0.25) is 5.02 Å². The van der Waals surface area contributed by atoms with Gasteiger partial charge in [0.1, 0.15) is 0 Å². The van der Waals surface area contributed by atoms with Gasteiger partial charge in [0.05, 0.1) is 0 Å². The van der Waals surface area contributed by atoms with E-state index in [2.05, 4.69) is 36.2 Å². The fourth-order valence-corrected chi connectivity index (χ4v) is 3.16. The Morgan fingerprint density at radius 2 is 2.24 bits per heavy atom. The van der Waals surface area contributed by atoms with E-state index in [1.807, 2.05) is 6.07 Å². The van der Waals surface area contributed by atoms with E-state index < -0.39 is 0 Å². The van der Waals surface area contributed by atoms with Crippen molar-refractivity contribution in [1.82, 2.24) is 5.32 Å². The molecule has 0 saturated carbocycles. The number of nitrogens with zero attached hydrogens (tertiary/aromatic N) is 1. The van der Waals surface area contributed by atoms with Crippen LogP contribution in [0.1, 0.15) is 32.3 Å². The molecule has 0 spiro atoms. The second-order valence-corrected chi connectivity index (χ2v) is 6.85. The lowest BCUT2D eigenvalue weighted by Crippen LogP contribution is -2.24. The van der Waals surface area contributed by atoms with E-state index in [9.17, 15) is 0 Å². The molecule has 21 heavy (non-hydrogen) atoms. The van der Waals surface area contributed by atoms with E-state index in [0.29, 0.717) is 18.4 Å². The summed E-state index contributed by atoms with van der Waals surface area (Å²) < 4.78 is 0. The molecule has 0 aromatic heterocycles. The quantitative estimate of drug-likeness (QED) is 0.811. The number of hydrogen-bond donors (Lipinski definition) is 2. The molecule has 3 nitrogen and oxygen atoms in total. The van der Waals surface area contributed by atoms with Crippen molar-refractivity contribution in [3.8, 4) is 0 Å². The van der Waals surface area contributed by atoms with Gasteiger partial charge >= 0.3 is 0 Å². The Bertz CT molecular complexity index is 450. The number of nitrogens with one attached hydrogen (secondary N) is 1. The normalized spacial score (nSPS) is 18.7. The zero-order valence-electron chi connectivity index (χ0n) is 13.1. The van der Waals surface area contributed by atoms with Crippen LogP contribution < -0.4 is 10.2 Å². The SMILES string of the molecule is CC(C)CNCc1cc(Cl)ccc1N1CCC(CCO)C1. The van der Waals surface area contributed by atoms with Crippen LogP contribution in [0.25, 0.3) is 0 Å². The van der Waals surface area contributed by atoms with E-state index in [0.717, 1.165) is 37.6 Å². The Morgan fingerprint density at radius 3 is 2.95 bits per heavy atom. The standard InChI is InChI=1S/C17H27ClN2O/c1-13(2)10-19-11-15-9-16(18)3-4-17(15)20-7-5-14(12-20)6-8-21/h3-4,9,13-14,19,21H,5-8,10-12H2,1-2H3. The summed E-state index contributed by atoms with van der Waals surface area (Å²) >= 11 is 6.16. The Balaban J connectivity index is 2.04. The van der Waals surface area contributed by atoms with Crippen molar-refractivity contribution in [3.63, 3.8) is 0 Å². The van der Waals surface area contributed by atoms with Gasteiger partial charge < -0.3 is 15.3 Å². The fourth-order valence-electron chi connectivity index (χ4n) is 2.97. The number of hydrogen-bond acceptors (Lipinski definition) is 3. The maximum atomic E-state index is 9.10. The van der Waals surface area contributed by atoms with Crippen molar-refractivity contribution >= 4 is 17.3 Å². The molecule has 0 bridgehead atoms. The van der Waals surface area contributed by atoms with E-state index in [1.54, 1.807) is 0 Å². The lowest BCUT2D eigenvalue weighted by molar-refractivity contribution is 0.263. The van der Waals surface area contributed by atoms with Gasteiger partial charge in [0, 0.05) is 37.0 Å². The minimum atomic E-state index is 0.294. The lowest BCUT2D eigenvalue weighted by Gasteiger charge is -2.23. The predicted octanol–water partition coefficient (Wildman–Crippen LogP) is 3.29. The molecule has 4 heteroatoms. The highest BCUT2D eigenvalue weighted by atomic mass is 35.5. The van der Waals surface area contributed by atoms with Crippen molar-refractivity contribution in [2.24, 2.45) is 11.8 Å². The van der Waals surface area contributed by atoms with Gasteiger partial charge in [0.15, 0.2) is 0 Å². The number of halogens is 1. The summed E-state index contributed by atoms with van der Waals surface area (Å²) in [6, 6.07) is 6.18. The zero-order chi connectivity index (χ0) is 15.2. The molecule has 1 saturated heterocycles. The molecule has 1 aromatic rings. The van der Waals surface area contributed by atoms with E-state index in [-0.39, 0.29) is 0 Å². The highest BCUT2D eigenvalue weighted by Crippen LogP contribution is 2.30. The van der Waals surface area contributed by atoms with E-state index >= 15 is 0 Å². The molecule has 1 aliphatic heterocycles. The number of rotatable bonds is 7. The first-order valence-corrected chi connectivity index (χ1v) is 8.33. The van der Waals surface area contributed by atoms with Crippen molar-refractivity contribution in [2.45, 2.75) is 33.2 Å². The van der Waals surface area contributed by atoms with Crippen LogP contribution in [-0.4, -0.2) is 31.3 Å². The first kappa shape index (κ1) is 16.6. The highest BCUT2D eigenvalue weighted by Gasteiger charge is 2.23. The van der Waals surface area contributed by atoms with E-state index in [4.69, 9.17) is 16.7 Å². The number of aliphatic hydroxyl groups is 1. The molecular formula is C17H27ClN2O. The van der Waals surface area contributed by atoms with Gasteiger partial charge in [-0.3, -0.25) is 0 Å². The second kappa shape index (κ2) is 8.02. The lowest BCUT2D eigenvalue weighted by atomic mass is 10.1. The minimum absolute atomic E-state index is 0.294. The Hall–Kier alpha value is -0.770. The summed E-state index contributed by atoms with van der Waals surface area (Å²) in [5, 5.41) is 13.4. The molecule has 1 fully saturated rings. The Kier molecular flexibility index (Phi) is 6.34. The monoisotopic (exact) mass is 310 g/mol. The maximum Gasteiger partial charge on any atom is 0.0434 e. The van der Waals surface area contributed by atoms with Gasteiger partial charge in [-0.15, -0.1) is 0 Å². The summed E-state index contributed by atoms with van der Waals surface area (Å²) in [5.74, 6) is 1.26. The molecular weight excluding hydrogens is 284 g/mol. The predicted molar refractivity (Wildman–Crippen MR) is 90.0 cm³/mol. The molecule has 1 atom stereocenters. The third kappa shape index (κ3) is 4.87. The summed E-state index contributed by atoms with van der Waals surface area (Å²) in [6.45, 7) is 8.71. The number of aliphatic hydroxyl groups excluding tert-OH is 1. The van der Waals surface area contributed by atoms with Crippen molar-refractivity contribution in [2.75, 3.05) is 31.1 Å². The molecule has 118 valence electrons. The summed E-state index contributed by atoms with van der Waals surface area (Å²) in [7, 11) is 0. The average molecular weight is 311 g/mol. The summed E-state index contributed by atoms with van der Waals surface area (Å²) in [6.07, 6.45) is 2.08. The van der Waals surface area contributed by atoms with Crippen LogP contribution in [0.3, 0.4) is 0 Å². The zero-order valence-corrected chi connectivity index (χ0v) is 13.9. The molecule has 1 heterocycles. The Morgan fingerprint density at radius 1 is 1.43 bits per heavy atom. The average Bonchev–Trinajstić information content (AvgIpc) is 2.87. The number of anilines is 1. The summed E-state index contributed by atoms with van der Waals surface area (Å²) in [5.41, 5.74) is 2.56. The summed E-state index contributed by atoms with van der Waals surface area (Å²) in [4.78, 5) is 2.43. The first-order valence-electron chi connectivity index (χ1n) is 7.95. The molecule has 2 N–H and O–H groups in total. The largest absolute Gasteiger partial charge is 0.396 e. The van der Waals surface area contributed by atoms with Gasteiger partial charge in [-0.2, -0.15) is 0 Å². The van der Waals surface area contributed by atoms with Gasteiger partial charge in [-0.1, -0.05) is 25.4 Å². The number of benzene rings is 1. The van der Waals surface area contributed by atoms with Crippen LogP contribution >= 0.6 is 11.6 Å². The molecule has 1 aromatic carbocycles. The van der Waals surface area contributed by atoms with Crippen molar-refractivity contribution in [1.29, 1.82) is 0 Å². The third-order valence-corrected chi connectivity index (χ3v) is 4.31. The molecule has 0 radical (unpaired) electrons. The maximum absolute atomic E-state index is 9.10. The smallest absolute Gasteiger partial charge is 0.0434 e. The fraction of sp³-hybridized carbons (Fsp3) is 0.647. The van der Waals surface area contributed by atoms with Gasteiger partial charge in [-0.05, 0) is 55.0 Å². The van der Waals surface area contributed by atoms with Crippen LogP contribution in [0.5, 0.6) is 0 Å². The van der Waals surface area contributed by atoms with Gasteiger partial charge in [-0.25, -0.2) is 0 Å². The van der Waals surface area contributed by atoms with Crippen molar-refractivity contribution in [3.05, 3.63) is 28.8 Å². The van der Waals surface area contributed by atoms with Crippen molar-refractivity contribution < 1.29 is 5.11 Å². The van der Waals surface area contributed by atoms with E-state index in [1.165, 1.54) is 17.7 Å². The highest BCUT2D eigenvalue weighted by molar-refractivity contribution is 6.30. The van der Waals surface area contributed by atoms with Crippen LogP contribution in [0.4, 0.5) is 5.69 Å². The van der Waals surface area contributed by atoms with Crippen LogP contribution in [0.15, 0.2) is 18.2 Å². The molecule has 1 unspecified atom stereocenters. The van der Waals surface area contributed by atoms with Crippen LogP contribution in [0, 0.1) is 11.8 Å². The topological polar surface area (TPSA) is 35.5 Å². The third-order valence-electron chi connectivity index (χ3n) is 4.07. The van der Waals surface area contributed by atoms with Gasteiger partial charge in [0.25, 0.3) is 0 Å². The Labute approximate surface area is 133 Å².